The van der Waals surface area contributed by atoms with Gasteiger partial charge in [0, 0.05) is 23.0 Å². The third kappa shape index (κ3) is 6.54. The molecular weight excluding hydrogens is 436 g/mol. The van der Waals surface area contributed by atoms with Crippen LogP contribution in [-0.2, 0) is 11.3 Å². The zero-order chi connectivity index (χ0) is 22.2. The standard InChI is InChI=1S/C21H27ClN6O2S/c1-4-5-6-7-12-28-18(15-8-10-16(22)11-9-15)24-27-21(28)31-13-17(29)23-20-26-25-19(30-20)14(2)3/h8-11,14H,4-7,12-13H2,1-3H3,(H,23,26,29). The molecule has 10 heteroatoms. The van der Waals surface area contributed by atoms with Crippen LogP contribution in [0.25, 0.3) is 11.4 Å². The number of amides is 1. The van der Waals surface area contributed by atoms with E-state index in [9.17, 15) is 4.79 Å². The predicted octanol–water partition coefficient (Wildman–Crippen LogP) is 5.42. The van der Waals surface area contributed by atoms with Crippen LogP contribution in [0.1, 0.15) is 58.3 Å². The summed E-state index contributed by atoms with van der Waals surface area (Å²) >= 11 is 7.36. The molecule has 0 bridgehead atoms. The van der Waals surface area contributed by atoms with Gasteiger partial charge in [-0.25, -0.2) is 0 Å². The van der Waals surface area contributed by atoms with Crippen molar-refractivity contribution in [3.8, 4) is 11.4 Å². The van der Waals surface area contributed by atoms with E-state index in [0.29, 0.717) is 16.1 Å². The number of hydrogen-bond acceptors (Lipinski definition) is 7. The number of thioether (sulfide) groups is 1. The smallest absolute Gasteiger partial charge is 0.322 e. The summed E-state index contributed by atoms with van der Waals surface area (Å²) in [5.41, 5.74) is 0.941. The van der Waals surface area contributed by atoms with Crippen molar-refractivity contribution in [2.75, 3.05) is 11.1 Å². The van der Waals surface area contributed by atoms with E-state index in [2.05, 4.69) is 37.2 Å². The number of nitrogens with one attached hydrogen (secondary N) is 1. The Labute approximate surface area is 191 Å². The van der Waals surface area contributed by atoms with Gasteiger partial charge in [-0.1, -0.05) is 68.5 Å². The van der Waals surface area contributed by atoms with Crippen LogP contribution < -0.4 is 5.32 Å². The molecule has 0 spiro atoms. The van der Waals surface area contributed by atoms with E-state index >= 15 is 0 Å². The predicted molar refractivity (Wildman–Crippen MR) is 122 cm³/mol. The minimum Gasteiger partial charge on any atom is -0.408 e. The van der Waals surface area contributed by atoms with E-state index in [-0.39, 0.29) is 23.6 Å². The molecule has 1 amide bonds. The normalized spacial score (nSPS) is 11.3. The molecule has 0 radical (unpaired) electrons. The second-order valence-corrected chi connectivity index (χ2v) is 8.84. The maximum absolute atomic E-state index is 12.4. The highest BCUT2D eigenvalue weighted by molar-refractivity contribution is 7.99. The summed E-state index contributed by atoms with van der Waals surface area (Å²) in [5.74, 6) is 1.28. The molecule has 0 fully saturated rings. The van der Waals surface area contributed by atoms with Gasteiger partial charge >= 0.3 is 6.01 Å². The van der Waals surface area contributed by atoms with Gasteiger partial charge in [-0.15, -0.1) is 15.3 Å². The maximum atomic E-state index is 12.4. The summed E-state index contributed by atoms with van der Waals surface area (Å²) in [6, 6.07) is 7.64. The zero-order valence-corrected chi connectivity index (χ0v) is 19.5. The summed E-state index contributed by atoms with van der Waals surface area (Å²) in [6.45, 7) is 6.86. The second-order valence-electron chi connectivity index (χ2n) is 7.46. The number of carbonyl (C=O) groups is 1. The summed E-state index contributed by atoms with van der Waals surface area (Å²) < 4.78 is 7.50. The molecule has 1 N–H and O–H groups in total. The van der Waals surface area contributed by atoms with Gasteiger partial charge in [0.25, 0.3) is 0 Å². The van der Waals surface area contributed by atoms with Crippen LogP contribution in [0.15, 0.2) is 33.8 Å². The van der Waals surface area contributed by atoms with Crippen molar-refractivity contribution in [3.63, 3.8) is 0 Å². The highest BCUT2D eigenvalue weighted by Crippen LogP contribution is 2.26. The first-order valence-corrected chi connectivity index (χ1v) is 11.8. The topological polar surface area (TPSA) is 98.7 Å². The molecule has 2 aromatic heterocycles. The summed E-state index contributed by atoms with van der Waals surface area (Å²) in [5, 5.41) is 20.5. The molecule has 2 heterocycles. The number of rotatable bonds is 11. The molecule has 31 heavy (non-hydrogen) atoms. The average molecular weight is 463 g/mol. The number of benzene rings is 1. The van der Waals surface area contributed by atoms with Crippen molar-refractivity contribution in [3.05, 3.63) is 35.2 Å². The lowest BCUT2D eigenvalue weighted by Gasteiger charge is -2.10. The Morgan fingerprint density at radius 3 is 2.58 bits per heavy atom. The van der Waals surface area contributed by atoms with Crippen LogP contribution in [0, 0.1) is 0 Å². The van der Waals surface area contributed by atoms with Crippen LogP contribution in [0.3, 0.4) is 0 Å². The van der Waals surface area contributed by atoms with Gasteiger partial charge in [-0.05, 0) is 30.7 Å². The van der Waals surface area contributed by atoms with Gasteiger partial charge in [-0.3, -0.25) is 10.1 Å². The Kier molecular flexibility index (Phi) is 8.48. The first kappa shape index (κ1) is 23.3. The fourth-order valence-corrected chi connectivity index (χ4v) is 3.80. The van der Waals surface area contributed by atoms with Crippen molar-refractivity contribution >= 4 is 35.3 Å². The molecule has 0 unspecified atom stereocenters. The van der Waals surface area contributed by atoms with Gasteiger partial charge in [0.05, 0.1) is 5.75 Å². The molecular formula is C21H27ClN6O2S. The van der Waals surface area contributed by atoms with Gasteiger partial charge < -0.3 is 8.98 Å². The van der Waals surface area contributed by atoms with Crippen molar-refractivity contribution in [2.45, 2.75) is 64.1 Å². The third-order valence-corrected chi connectivity index (χ3v) is 5.79. The number of aromatic nitrogens is 5. The summed E-state index contributed by atoms with van der Waals surface area (Å²) in [7, 11) is 0. The lowest BCUT2D eigenvalue weighted by atomic mass is 10.2. The zero-order valence-electron chi connectivity index (χ0n) is 18.0. The quantitative estimate of drug-likeness (QED) is 0.300. The molecule has 0 aliphatic rings. The average Bonchev–Trinajstić information content (AvgIpc) is 3.37. The van der Waals surface area contributed by atoms with Gasteiger partial charge in [-0.2, -0.15) is 0 Å². The van der Waals surface area contributed by atoms with E-state index in [0.717, 1.165) is 30.8 Å². The molecule has 0 aliphatic carbocycles. The van der Waals surface area contributed by atoms with E-state index in [1.54, 1.807) is 0 Å². The number of anilines is 1. The lowest BCUT2D eigenvalue weighted by molar-refractivity contribution is -0.113. The largest absolute Gasteiger partial charge is 0.408 e. The molecule has 0 saturated heterocycles. The maximum Gasteiger partial charge on any atom is 0.322 e. The van der Waals surface area contributed by atoms with Crippen LogP contribution >= 0.6 is 23.4 Å². The molecule has 1 aromatic carbocycles. The molecule has 0 aliphatic heterocycles. The van der Waals surface area contributed by atoms with Crippen molar-refractivity contribution in [1.29, 1.82) is 0 Å². The van der Waals surface area contributed by atoms with Gasteiger partial charge in [0.15, 0.2) is 11.0 Å². The Hall–Kier alpha value is -2.39. The fraction of sp³-hybridized carbons (Fsp3) is 0.476. The molecule has 166 valence electrons. The number of halogens is 1. The summed E-state index contributed by atoms with van der Waals surface area (Å²) in [6.07, 6.45) is 4.51. The highest BCUT2D eigenvalue weighted by atomic mass is 35.5. The molecule has 3 rings (SSSR count). The van der Waals surface area contributed by atoms with Gasteiger partial charge in [0.2, 0.25) is 11.8 Å². The SMILES string of the molecule is CCCCCCn1c(SCC(=O)Nc2nnc(C(C)C)o2)nnc1-c1ccc(Cl)cc1. The van der Waals surface area contributed by atoms with Gasteiger partial charge in [0.1, 0.15) is 0 Å². The van der Waals surface area contributed by atoms with Crippen LogP contribution in [0.2, 0.25) is 5.02 Å². The Bertz CT molecular complexity index is 986. The molecule has 0 saturated carbocycles. The highest BCUT2D eigenvalue weighted by Gasteiger charge is 2.17. The number of hydrogen-bond donors (Lipinski definition) is 1. The molecule has 3 aromatic rings. The van der Waals surface area contributed by atoms with Crippen molar-refractivity contribution < 1.29 is 9.21 Å². The van der Waals surface area contributed by atoms with E-state index in [1.807, 2.05) is 38.1 Å². The van der Waals surface area contributed by atoms with Crippen LogP contribution in [0.5, 0.6) is 0 Å². The Morgan fingerprint density at radius 1 is 1.13 bits per heavy atom. The summed E-state index contributed by atoms with van der Waals surface area (Å²) in [4.78, 5) is 12.4. The number of carbonyl (C=O) groups excluding carboxylic acids is 1. The number of nitrogens with zero attached hydrogens (tertiary/aromatic N) is 5. The van der Waals surface area contributed by atoms with E-state index in [1.165, 1.54) is 24.6 Å². The molecule has 0 atom stereocenters. The van der Waals surface area contributed by atoms with E-state index < -0.39 is 0 Å². The lowest BCUT2D eigenvalue weighted by Crippen LogP contribution is -2.15. The second kappa shape index (κ2) is 11.3. The van der Waals surface area contributed by atoms with E-state index in [4.69, 9.17) is 16.0 Å². The first-order chi connectivity index (χ1) is 15.0. The Morgan fingerprint density at radius 2 is 1.90 bits per heavy atom. The monoisotopic (exact) mass is 462 g/mol. The number of unbranched alkanes of at least 4 members (excludes halogenated alkanes) is 3. The molecule has 8 nitrogen and oxygen atoms in total. The van der Waals surface area contributed by atoms with Crippen molar-refractivity contribution in [1.82, 2.24) is 25.0 Å². The van der Waals surface area contributed by atoms with Crippen molar-refractivity contribution in [2.24, 2.45) is 0 Å². The first-order valence-electron chi connectivity index (χ1n) is 10.4. The fourth-order valence-electron chi connectivity index (χ4n) is 2.91. The minimum absolute atomic E-state index is 0.102. The van der Waals surface area contributed by atoms with Crippen LogP contribution in [-0.4, -0.2) is 36.6 Å². The Balaban J connectivity index is 1.68. The van der Waals surface area contributed by atoms with Crippen LogP contribution in [0.4, 0.5) is 6.01 Å². The third-order valence-electron chi connectivity index (χ3n) is 4.57. The minimum atomic E-state index is -0.238.